The van der Waals surface area contributed by atoms with Crippen LogP contribution in [0.5, 0.6) is 0 Å². The fraction of sp³-hybridized carbons (Fsp3) is 0.692. The molecule has 0 radical (unpaired) electrons. The Balaban J connectivity index is 1.86. The third-order valence-electron chi connectivity index (χ3n) is 3.98. The number of fused-ring (bicyclic) bond motifs is 1. The van der Waals surface area contributed by atoms with Gasteiger partial charge in [-0.15, -0.1) is 0 Å². The Morgan fingerprint density at radius 2 is 2.22 bits per heavy atom. The summed E-state index contributed by atoms with van der Waals surface area (Å²) in [5.74, 6) is 0.990. The zero-order valence-corrected chi connectivity index (χ0v) is 11.2. The number of piperazine rings is 1. The first kappa shape index (κ1) is 12.0. The number of likely N-dealkylation sites (N-methyl/N-ethyl adjacent to an activating group) is 2. The minimum Gasteiger partial charge on any atom is -0.312 e. The Morgan fingerprint density at radius 3 is 3.11 bits per heavy atom. The average molecular weight is 247 g/mol. The molecule has 1 aromatic rings. The summed E-state index contributed by atoms with van der Waals surface area (Å²) >= 11 is 0. The van der Waals surface area contributed by atoms with E-state index < -0.39 is 0 Å². The lowest BCUT2D eigenvalue weighted by atomic mass is 10.1. The molecule has 5 heteroatoms. The average Bonchev–Trinajstić information content (AvgIpc) is 2.41. The van der Waals surface area contributed by atoms with Crippen LogP contribution in [0.3, 0.4) is 0 Å². The Labute approximate surface area is 108 Å². The second-order valence-electron chi connectivity index (χ2n) is 5.39. The zero-order chi connectivity index (χ0) is 12.5. The van der Waals surface area contributed by atoms with Gasteiger partial charge in [-0.3, -0.25) is 4.90 Å². The largest absolute Gasteiger partial charge is 0.312 e. The molecule has 3 rings (SSSR count). The monoisotopic (exact) mass is 247 g/mol. The lowest BCUT2D eigenvalue weighted by molar-refractivity contribution is 0.109. The van der Waals surface area contributed by atoms with Crippen LogP contribution < -0.4 is 5.32 Å². The van der Waals surface area contributed by atoms with Gasteiger partial charge in [-0.25, -0.2) is 9.97 Å². The summed E-state index contributed by atoms with van der Waals surface area (Å²) in [6, 6.07) is 0.337. The molecule has 1 saturated heterocycles. The molecule has 3 heterocycles. The normalized spacial score (nSPS) is 26.0. The number of hydrogen-bond donors (Lipinski definition) is 1. The van der Waals surface area contributed by atoms with E-state index in [2.05, 4.69) is 34.2 Å². The minimum atomic E-state index is 0.337. The fourth-order valence-corrected chi connectivity index (χ4v) is 2.70. The summed E-state index contributed by atoms with van der Waals surface area (Å²) < 4.78 is 0. The summed E-state index contributed by atoms with van der Waals surface area (Å²) in [4.78, 5) is 14.1. The van der Waals surface area contributed by atoms with Crippen molar-refractivity contribution in [3.05, 3.63) is 23.3 Å². The minimum absolute atomic E-state index is 0.337. The van der Waals surface area contributed by atoms with Gasteiger partial charge in [-0.05, 0) is 14.1 Å². The van der Waals surface area contributed by atoms with Crippen LogP contribution in [-0.4, -0.2) is 60.0 Å². The van der Waals surface area contributed by atoms with Crippen LogP contribution in [0.4, 0.5) is 0 Å². The van der Waals surface area contributed by atoms with E-state index in [1.807, 2.05) is 6.20 Å². The van der Waals surface area contributed by atoms with E-state index >= 15 is 0 Å². The van der Waals surface area contributed by atoms with Crippen LogP contribution in [0, 0.1) is 0 Å². The molecule has 0 bridgehead atoms. The van der Waals surface area contributed by atoms with E-state index in [0.717, 1.165) is 45.0 Å². The predicted octanol–water partition coefficient (Wildman–Crippen LogP) is 0.0406. The molecular weight excluding hydrogens is 226 g/mol. The topological polar surface area (TPSA) is 44.3 Å². The lowest BCUT2D eigenvalue weighted by Crippen LogP contribution is -2.45. The Morgan fingerprint density at radius 1 is 1.33 bits per heavy atom. The van der Waals surface area contributed by atoms with Crippen molar-refractivity contribution in [1.82, 2.24) is 25.1 Å². The quantitative estimate of drug-likeness (QED) is 0.759. The van der Waals surface area contributed by atoms with Gasteiger partial charge in [0.05, 0.1) is 6.04 Å². The molecule has 0 saturated carbocycles. The molecule has 1 fully saturated rings. The van der Waals surface area contributed by atoms with Gasteiger partial charge >= 0.3 is 0 Å². The number of aromatic nitrogens is 2. The smallest absolute Gasteiger partial charge is 0.146 e. The van der Waals surface area contributed by atoms with E-state index in [0.29, 0.717) is 6.04 Å². The van der Waals surface area contributed by atoms with Gasteiger partial charge in [-0.2, -0.15) is 0 Å². The van der Waals surface area contributed by atoms with Gasteiger partial charge in [0.2, 0.25) is 0 Å². The van der Waals surface area contributed by atoms with Crippen molar-refractivity contribution in [2.75, 3.05) is 40.3 Å². The highest BCUT2D eigenvalue weighted by Gasteiger charge is 2.26. The Hall–Kier alpha value is -1.04. The standard InChI is InChI=1S/C13H21N5/c1-17-5-6-18(2)12(9-17)13-15-8-10-7-14-4-3-11(10)16-13/h8,12,14H,3-7,9H2,1-2H3. The van der Waals surface area contributed by atoms with Crippen molar-refractivity contribution in [1.29, 1.82) is 0 Å². The number of hydrogen-bond acceptors (Lipinski definition) is 5. The first-order chi connectivity index (χ1) is 8.74. The van der Waals surface area contributed by atoms with Gasteiger partial charge in [0.1, 0.15) is 5.82 Å². The molecule has 5 nitrogen and oxygen atoms in total. The molecule has 18 heavy (non-hydrogen) atoms. The van der Waals surface area contributed by atoms with E-state index in [1.54, 1.807) is 0 Å². The molecule has 1 unspecified atom stereocenters. The van der Waals surface area contributed by atoms with Gasteiger partial charge < -0.3 is 10.2 Å². The third kappa shape index (κ3) is 2.25. The van der Waals surface area contributed by atoms with Crippen LogP contribution in [-0.2, 0) is 13.0 Å². The molecule has 2 aliphatic heterocycles. The molecule has 0 aromatic carbocycles. The molecule has 1 atom stereocenters. The van der Waals surface area contributed by atoms with Gasteiger partial charge in [0, 0.05) is 56.6 Å². The van der Waals surface area contributed by atoms with E-state index in [9.17, 15) is 0 Å². The van der Waals surface area contributed by atoms with Crippen LogP contribution >= 0.6 is 0 Å². The predicted molar refractivity (Wildman–Crippen MR) is 70.3 cm³/mol. The van der Waals surface area contributed by atoms with Crippen molar-refractivity contribution in [2.24, 2.45) is 0 Å². The second kappa shape index (κ2) is 4.91. The van der Waals surface area contributed by atoms with Crippen molar-refractivity contribution in [3.8, 4) is 0 Å². The summed E-state index contributed by atoms with van der Waals surface area (Å²) in [6.45, 7) is 5.18. The molecule has 1 aromatic heterocycles. The Bertz CT molecular complexity index is 433. The van der Waals surface area contributed by atoms with Crippen LogP contribution in [0.2, 0.25) is 0 Å². The van der Waals surface area contributed by atoms with E-state index in [-0.39, 0.29) is 0 Å². The van der Waals surface area contributed by atoms with Crippen LogP contribution in [0.25, 0.3) is 0 Å². The Kier molecular flexibility index (Phi) is 3.28. The first-order valence-electron chi connectivity index (χ1n) is 6.68. The van der Waals surface area contributed by atoms with Crippen molar-refractivity contribution < 1.29 is 0 Å². The maximum absolute atomic E-state index is 4.80. The van der Waals surface area contributed by atoms with Gasteiger partial charge in [-0.1, -0.05) is 0 Å². The molecular formula is C13H21N5. The first-order valence-corrected chi connectivity index (χ1v) is 6.68. The third-order valence-corrected chi connectivity index (χ3v) is 3.98. The molecule has 2 aliphatic rings. The van der Waals surface area contributed by atoms with Crippen molar-refractivity contribution in [2.45, 2.75) is 19.0 Å². The van der Waals surface area contributed by atoms with Gasteiger partial charge in [0.25, 0.3) is 0 Å². The number of nitrogens with one attached hydrogen (secondary N) is 1. The van der Waals surface area contributed by atoms with E-state index in [4.69, 9.17) is 4.98 Å². The highest BCUT2D eigenvalue weighted by atomic mass is 15.3. The summed E-state index contributed by atoms with van der Waals surface area (Å²) in [7, 11) is 4.34. The maximum atomic E-state index is 4.80. The molecule has 0 amide bonds. The summed E-state index contributed by atoms with van der Waals surface area (Å²) in [5, 5.41) is 3.36. The van der Waals surface area contributed by atoms with Crippen molar-refractivity contribution >= 4 is 0 Å². The summed E-state index contributed by atoms with van der Waals surface area (Å²) in [6.07, 6.45) is 3.03. The van der Waals surface area contributed by atoms with Crippen LogP contribution in [0.1, 0.15) is 23.1 Å². The molecule has 1 N–H and O–H groups in total. The van der Waals surface area contributed by atoms with Crippen LogP contribution in [0.15, 0.2) is 6.20 Å². The highest BCUT2D eigenvalue weighted by Crippen LogP contribution is 2.21. The molecule has 0 spiro atoms. The molecule has 0 aliphatic carbocycles. The maximum Gasteiger partial charge on any atom is 0.146 e. The second-order valence-corrected chi connectivity index (χ2v) is 5.39. The fourth-order valence-electron chi connectivity index (χ4n) is 2.70. The number of rotatable bonds is 1. The summed E-state index contributed by atoms with van der Waals surface area (Å²) in [5.41, 5.74) is 2.50. The SMILES string of the molecule is CN1CCN(C)C(c2ncc3c(n2)CCNC3)C1. The zero-order valence-electron chi connectivity index (χ0n) is 11.2. The van der Waals surface area contributed by atoms with Gasteiger partial charge in [0.15, 0.2) is 0 Å². The molecule has 98 valence electrons. The highest BCUT2D eigenvalue weighted by molar-refractivity contribution is 5.21. The van der Waals surface area contributed by atoms with Crippen molar-refractivity contribution in [3.63, 3.8) is 0 Å². The van der Waals surface area contributed by atoms with E-state index in [1.165, 1.54) is 11.3 Å². The number of nitrogens with zero attached hydrogens (tertiary/aromatic N) is 4. The lowest BCUT2D eigenvalue weighted by Gasteiger charge is -2.36.